The van der Waals surface area contributed by atoms with Crippen molar-refractivity contribution in [2.24, 2.45) is 5.16 Å². The standard InChI is InChI=1S/C6H9NO3/c1-3-6(9)10-7-5(2)4-8/h4H,3H2,1-2H3/b7-5-. The van der Waals surface area contributed by atoms with Gasteiger partial charge < -0.3 is 4.84 Å². The van der Waals surface area contributed by atoms with E-state index in [0.717, 1.165) is 0 Å². The van der Waals surface area contributed by atoms with Gasteiger partial charge in [-0.05, 0) is 6.92 Å². The summed E-state index contributed by atoms with van der Waals surface area (Å²) in [5, 5.41) is 3.21. The van der Waals surface area contributed by atoms with Crippen LogP contribution in [0.4, 0.5) is 0 Å². The predicted octanol–water partition coefficient (Wildman–Crippen LogP) is 0.514. The van der Waals surface area contributed by atoms with Crippen molar-refractivity contribution in [3.63, 3.8) is 0 Å². The molecule has 4 nitrogen and oxygen atoms in total. The fraction of sp³-hybridized carbons (Fsp3) is 0.500. The van der Waals surface area contributed by atoms with Crippen LogP contribution in [0, 0.1) is 0 Å². The smallest absolute Gasteiger partial charge is 0.318 e. The molecule has 10 heavy (non-hydrogen) atoms. The maximum absolute atomic E-state index is 10.4. The number of nitrogens with zero attached hydrogens (tertiary/aromatic N) is 1. The van der Waals surface area contributed by atoms with E-state index in [1.165, 1.54) is 6.92 Å². The molecule has 0 aliphatic carbocycles. The van der Waals surface area contributed by atoms with Gasteiger partial charge in [0.25, 0.3) is 0 Å². The van der Waals surface area contributed by atoms with Gasteiger partial charge >= 0.3 is 5.97 Å². The largest absolute Gasteiger partial charge is 0.334 e. The molecule has 0 saturated carbocycles. The third kappa shape index (κ3) is 3.77. The minimum Gasteiger partial charge on any atom is -0.318 e. The van der Waals surface area contributed by atoms with Crippen LogP contribution in [0.15, 0.2) is 5.16 Å². The lowest BCUT2D eigenvalue weighted by Gasteiger charge is -1.91. The summed E-state index contributed by atoms with van der Waals surface area (Å²) in [6.45, 7) is 3.10. The molecule has 0 radical (unpaired) electrons. The molecule has 0 N–H and O–H groups in total. The van der Waals surface area contributed by atoms with Gasteiger partial charge in [-0.25, -0.2) is 4.79 Å². The van der Waals surface area contributed by atoms with Crippen molar-refractivity contribution < 1.29 is 14.4 Å². The Hall–Kier alpha value is -1.19. The molecule has 0 aromatic rings. The Balaban J connectivity index is 3.71. The van der Waals surface area contributed by atoms with E-state index < -0.39 is 5.97 Å². The van der Waals surface area contributed by atoms with Crippen LogP contribution in [-0.4, -0.2) is 18.0 Å². The van der Waals surface area contributed by atoms with E-state index in [-0.39, 0.29) is 12.1 Å². The van der Waals surface area contributed by atoms with Gasteiger partial charge in [-0.15, -0.1) is 0 Å². The Bertz CT molecular complexity index is 162. The molecule has 0 atom stereocenters. The molecular weight excluding hydrogens is 134 g/mol. The number of oxime groups is 1. The summed E-state index contributed by atoms with van der Waals surface area (Å²) in [6.07, 6.45) is 0.776. The molecule has 0 bridgehead atoms. The summed E-state index contributed by atoms with van der Waals surface area (Å²) in [5.41, 5.74) is 0.154. The summed E-state index contributed by atoms with van der Waals surface area (Å²) in [4.78, 5) is 24.5. The molecule has 56 valence electrons. The molecule has 0 spiro atoms. The molecule has 0 aromatic carbocycles. The van der Waals surface area contributed by atoms with Crippen molar-refractivity contribution in [2.75, 3.05) is 0 Å². The zero-order chi connectivity index (χ0) is 7.98. The van der Waals surface area contributed by atoms with Crippen molar-refractivity contribution in [3.05, 3.63) is 0 Å². The molecule has 0 rings (SSSR count). The Morgan fingerprint density at radius 1 is 1.70 bits per heavy atom. The Labute approximate surface area is 58.8 Å². The number of rotatable bonds is 3. The van der Waals surface area contributed by atoms with Gasteiger partial charge in [0.15, 0.2) is 6.29 Å². The maximum Gasteiger partial charge on any atom is 0.334 e. The van der Waals surface area contributed by atoms with Crippen LogP contribution >= 0.6 is 0 Å². The van der Waals surface area contributed by atoms with Crippen molar-refractivity contribution >= 4 is 18.0 Å². The first-order chi connectivity index (χ1) is 4.70. The van der Waals surface area contributed by atoms with Gasteiger partial charge in [0.2, 0.25) is 0 Å². The number of hydrogen-bond acceptors (Lipinski definition) is 4. The van der Waals surface area contributed by atoms with Crippen LogP contribution in [-0.2, 0) is 14.4 Å². The maximum atomic E-state index is 10.4. The van der Waals surface area contributed by atoms with E-state index in [0.29, 0.717) is 6.29 Å². The van der Waals surface area contributed by atoms with Crippen LogP contribution in [0.1, 0.15) is 20.3 Å². The zero-order valence-electron chi connectivity index (χ0n) is 5.96. The van der Waals surface area contributed by atoms with Crippen LogP contribution in [0.5, 0.6) is 0 Å². The van der Waals surface area contributed by atoms with Crippen molar-refractivity contribution in [1.82, 2.24) is 0 Å². The van der Waals surface area contributed by atoms with E-state index in [1.54, 1.807) is 6.92 Å². The summed E-state index contributed by atoms with van der Waals surface area (Å²) >= 11 is 0. The molecule has 0 fully saturated rings. The summed E-state index contributed by atoms with van der Waals surface area (Å²) in [6, 6.07) is 0. The lowest BCUT2D eigenvalue weighted by atomic mass is 10.5. The fourth-order valence-electron chi connectivity index (χ4n) is 0.209. The molecule has 0 heterocycles. The first-order valence-corrected chi connectivity index (χ1v) is 2.90. The lowest BCUT2D eigenvalue weighted by molar-refractivity contribution is -0.143. The summed E-state index contributed by atoms with van der Waals surface area (Å²) in [5.74, 6) is -0.443. The monoisotopic (exact) mass is 143 g/mol. The molecule has 4 heteroatoms. The second-order valence-electron chi connectivity index (χ2n) is 1.67. The van der Waals surface area contributed by atoms with E-state index >= 15 is 0 Å². The highest BCUT2D eigenvalue weighted by molar-refractivity contribution is 6.26. The predicted molar refractivity (Wildman–Crippen MR) is 35.6 cm³/mol. The van der Waals surface area contributed by atoms with Crippen molar-refractivity contribution in [1.29, 1.82) is 0 Å². The zero-order valence-corrected chi connectivity index (χ0v) is 5.96. The average molecular weight is 143 g/mol. The Kier molecular flexibility index (Phi) is 4.11. The van der Waals surface area contributed by atoms with Crippen molar-refractivity contribution in [2.45, 2.75) is 20.3 Å². The van der Waals surface area contributed by atoms with Crippen LogP contribution in [0.2, 0.25) is 0 Å². The van der Waals surface area contributed by atoms with Gasteiger partial charge in [-0.1, -0.05) is 12.1 Å². The van der Waals surface area contributed by atoms with E-state index in [2.05, 4.69) is 9.99 Å². The Morgan fingerprint density at radius 3 is 2.70 bits per heavy atom. The SMILES string of the molecule is CCC(=O)O/N=C(/C)C=O. The second kappa shape index (κ2) is 4.67. The number of carbonyl (C=O) groups is 2. The van der Waals surface area contributed by atoms with Gasteiger partial charge in [0, 0.05) is 6.42 Å². The second-order valence-corrected chi connectivity index (χ2v) is 1.67. The molecule has 0 aromatic heterocycles. The fourth-order valence-corrected chi connectivity index (χ4v) is 0.209. The van der Waals surface area contributed by atoms with Crippen LogP contribution in [0.25, 0.3) is 0 Å². The molecule has 0 aliphatic rings. The Morgan fingerprint density at radius 2 is 2.30 bits per heavy atom. The number of aldehydes is 1. The van der Waals surface area contributed by atoms with Gasteiger partial charge in [0.1, 0.15) is 5.71 Å². The molecule has 0 saturated heterocycles. The number of hydrogen-bond donors (Lipinski definition) is 0. The lowest BCUT2D eigenvalue weighted by Crippen LogP contribution is -2.00. The summed E-state index contributed by atoms with van der Waals surface area (Å²) < 4.78 is 0. The van der Waals surface area contributed by atoms with Gasteiger partial charge in [-0.3, -0.25) is 4.79 Å². The third-order valence-electron chi connectivity index (χ3n) is 0.751. The van der Waals surface area contributed by atoms with Crippen molar-refractivity contribution in [3.8, 4) is 0 Å². The molecule has 0 aliphatic heterocycles. The molecule has 0 unspecified atom stereocenters. The van der Waals surface area contributed by atoms with E-state index in [4.69, 9.17) is 0 Å². The topological polar surface area (TPSA) is 55.7 Å². The quantitative estimate of drug-likeness (QED) is 0.250. The van der Waals surface area contributed by atoms with Crippen LogP contribution < -0.4 is 0 Å². The highest BCUT2D eigenvalue weighted by Gasteiger charge is 1.95. The minimum atomic E-state index is -0.443. The average Bonchev–Trinajstić information content (AvgIpc) is 1.99. The molecular formula is C6H9NO3. The van der Waals surface area contributed by atoms with Crippen LogP contribution in [0.3, 0.4) is 0 Å². The normalized spacial score (nSPS) is 10.8. The van der Waals surface area contributed by atoms with E-state index in [1.807, 2.05) is 0 Å². The number of carbonyl (C=O) groups excluding carboxylic acids is 2. The third-order valence-corrected chi connectivity index (χ3v) is 0.751. The first kappa shape index (κ1) is 8.81. The summed E-state index contributed by atoms with van der Waals surface area (Å²) in [7, 11) is 0. The highest BCUT2D eigenvalue weighted by atomic mass is 16.7. The minimum absolute atomic E-state index is 0.154. The first-order valence-electron chi connectivity index (χ1n) is 2.90. The molecule has 0 amide bonds. The van der Waals surface area contributed by atoms with Gasteiger partial charge in [-0.2, -0.15) is 0 Å². The highest BCUT2D eigenvalue weighted by Crippen LogP contribution is 1.84. The van der Waals surface area contributed by atoms with Gasteiger partial charge in [0.05, 0.1) is 0 Å². The van der Waals surface area contributed by atoms with E-state index in [9.17, 15) is 9.59 Å².